The molecule has 5 rings (SSSR count). The minimum absolute atomic E-state index is 0.0102. The van der Waals surface area contributed by atoms with Crippen molar-refractivity contribution in [2.24, 2.45) is 5.92 Å². The first-order valence-corrected chi connectivity index (χ1v) is 11.4. The van der Waals surface area contributed by atoms with Gasteiger partial charge in [-0.1, -0.05) is 24.3 Å². The number of nitrogens with zero attached hydrogens (tertiary/aromatic N) is 2. The topological polar surface area (TPSA) is 116 Å². The molecule has 10 heteroatoms. The molecule has 2 fully saturated rings. The number of amides is 5. The number of carbonyl (C=O) groups is 5. The Morgan fingerprint density at radius 1 is 1.11 bits per heavy atom. The van der Waals surface area contributed by atoms with Gasteiger partial charge >= 0.3 is 0 Å². The van der Waals surface area contributed by atoms with Crippen LogP contribution in [0.15, 0.2) is 42.5 Å². The number of carbonyl (C=O) groups excluding carboxylic acids is 5. The number of para-hydroxylation sites is 1. The highest BCUT2D eigenvalue weighted by Gasteiger charge is 2.39. The van der Waals surface area contributed by atoms with Crippen LogP contribution in [0.1, 0.15) is 40.7 Å². The molecular weight excluding hydrogens is 455 g/mol. The van der Waals surface area contributed by atoms with Crippen molar-refractivity contribution in [3.8, 4) is 0 Å². The number of hydrogen-bond donors (Lipinski definition) is 2. The second-order valence-corrected chi connectivity index (χ2v) is 8.97. The van der Waals surface area contributed by atoms with Crippen molar-refractivity contribution in [3.05, 3.63) is 65.0 Å². The minimum Gasteiger partial charge on any atom is -0.352 e. The molecule has 2 unspecified atom stereocenters. The van der Waals surface area contributed by atoms with Gasteiger partial charge in [-0.2, -0.15) is 0 Å². The average molecular weight is 478 g/mol. The van der Waals surface area contributed by atoms with Gasteiger partial charge in [0, 0.05) is 38.0 Å². The van der Waals surface area contributed by atoms with E-state index in [0.717, 1.165) is 5.56 Å². The number of nitrogens with one attached hydrogen (secondary N) is 2. The predicted molar refractivity (Wildman–Crippen MR) is 121 cm³/mol. The molecule has 35 heavy (non-hydrogen) atoms. The number of benzene rings is 2. The van der Waals surface area contributed by atoms with Crippen molar-refractivity contribution >= 4 is 35.2 Å². The predicted octanol–water partition coefficient (Wildman–Crippen LogP) is 1.26. The van der Waals surface area contributed by atoms with Gasteiger partial charge in [0.25, 0.3) is 5.91 Å². The molecule has 0 bridgehead atoms. The van der Waals surface area contributed by atoms with E-state index in [1.807, 2.05) is 0 Å². The summed E-state index contributed by atoms with van der Waals surface area (Å²) in [6.45, 7) is 0.528. The van der Waals surface area contributed by atoms with Gasteiger partial charge in [-0.15, -0.1) is 0 Å². The van der Waals surface area contributed by atoms with E-state index >= 15 is 0 Å². The van der Waals surface area contributed by atoms with Crippen molar-refractivity contribution in [2.45, 2.75) is 38.4 Å². The summed E-state index contributed by atoms with van der Waals surface area (Å²) in [5, 5.41) is 5.08. The molecule has 180 valence electrons. The molecule has 0 saturated carbocycles. The van der Waals surface area contributed by atoms with Gasteiger partial charge in [0.15, 0.2) is 0 Å². The van der Waals surface area contributed by atoms with Crippen LogP contribution >= 0.6 is 0 Å². The maximum absolute atomic E-state index is 14.1. The van der Waals surface area contributed by atoms with Crippen LogP contribution in [0.2, 0.25) is 0 Å². The average Bonchev–Trinajstić information content (AvgIpc) is 3.38. The molecule has 3 aliphatic heterocycles. The van der Waals surface area contributed by atoms with Gasteiger partial charge in [0.2, 0.25) is 23.6 Å². The zero-order valence-corrected chi connectivity index (χ0v) is 18.8. The van der Waals surface area contributed by atoms with Gasteiger partial charge in [-0.05, 0) is 35.7 Å². The van der Waals surface area contributed by atoms with Gasteiger partial charge in [0.05, 0.1) is 11.6 Å². The van der Waals surface area contributed by atoms with Crippen LogP contribution in [0.25, 0.3) is 0 Å². The Bertz CT molecular complexity index is 1260. The molecule has 0 aliphatic carbocycles. The fourth-order valence-electron chi connectivity index (χ4n) is 4.83. The lowest BCUT2D eigenvalue weighted by Gasteiger charge is -2.29. The lowest BCUT2D eigenvalue weighted by atomic mass is 10.0. The van der Waals surface area contributed by atoms with Gasteiger partial charge in [-0.3, -0.25) is 29.3 Å². The standard InChI is InChI=1S/C25H23FN4O5/c26-18-3-1-2-4-19(18)29-13-16(10-22(29)32)23(33)27-11-14-5-6-15-12-30(25(35)17(15)9-14)20-7-8-21(31)28-24(20)34/h1-6,9,16,20H,7-8,10-13H2,(H,27,33)(H,28,31,34). The molecular formula is C25H23FN4O5. The summed E-state index contributed by atoms with van der Waals surface area (Å²) in [6, 6.07) is 10.5. The van der Waals surface area contributed by atoms with Crippen molar-refractivity contribution in [3.63, 3.8) is 0 Å². The highest BCUT2D eigenvalue weighted by Crippen LogP contribution is 2.29. The summed E-state index contributed by atoms with van der Waals surface area (Å²) in [7, 11) is 0. The van der Waals surface area contributed by atoms with E-state index in [4.69, 9.17) is 0 Å². The van der Waals surface area contributed by atoms with Crippen molar-refractivity contribution < 1.29 is 28.4 Å². The van der Waals surface area contributed by atoms with E-state index in [9.17, 15) is 28.4 Å². The van der Waals surface area contributed by atoms with Crippen molar-refractivity contribution in [1.29, 1.82) is 0 Å². The molecule has 2 saturated heterocycles. The van der Waals surface area contributed by atoms with E-state index < -0.39 is 23.7 Å². The quantitative estimate of drug-likeness (QED) is 0.628. The van der Waals surface area contributed by atoms with Crippen molar-refractivity contribution in [2.75, 3.05) is 11.4 Å². The first kappa shape index (κ1) is 22.7. The molecule has 2 atom stereocenters. The third kappa shape index (κ3) is 4.27. The molecule has 5 amide bonds. The summed E-state index contributed by atoms with van der Waals surface area (Å²) in [4.78, 5) is 64.4. The molecule has 2 aromatic carbocycles. The van der Waals surface area contributed by atoms with Crippen LogP contribution in [0.5, 0.6) is 0 Å². The zero-order valence-electron chi connectivity index (χ0n) is 18.8. The lowest BCUT2D eigenvalue weighted by molar-refractivity contribution is -0.137. The van der Waals surface area contributed by atoms with Crippen LogP contribution in [0.4, 0.5) is 10.1 Å². The van der Waals surface area contributed by atoms with Gasteiger partial charge < -0.3 is 15.1 Å². The second kappa shape index (κ2) is 8.94. The van der Waals surface area contributed by atoms with Crippen LogP contribution in [0.3, 0.4) is 0 Å². The van der Waals surface area contributed by atoms with Gasteiger partial charge in [-0.25, -0.2) is 4.39 Å². The Morgan fingerprint density at radius 2 is 1.91 bits per heavy atom. The largest absolute Gasteiger partial charge is 0.352 e. The lowest BCUT2D eigenvalue weighted by Crippen LogP contribution is -2.52. The number of halogens is 1. The Balaban J connectivity index is 1.21. The van der Waals surface area contributed by atoms with Crippen LogP contribution in [0, 0.1) is 11.7 Å². The minimum atomic E-state index is -0.687. The number of hydrogen-bond acceptors (Lipinski definition) is 5. The van der Waals surface area contributed by atoms with Crippen LogP contribution in [-0.2, 0) is 32.3 Å². The second-order valence-electron chi connectivity index (χ2n) is 8.97. The zero-order chi connectivity index (χ0) is 24.7. The number of anilines is 1. The first-order valence-electron chi connectivity index (χ1n) is 11.4. The monoisotopic (exact) mass is 478 g/mol. The van der Waals surface area contributed by atoms with Gasteiger partial charge in [0.1, 0.15) is 11.9 Å². The summed E-state index contributed by atoms with van der Waals surface area (Å²) >= 11 is 0. The summed E-state index contributed by atoms with van der Waals surface area (Å²) in [5.74, 6) is -2.86. The molecule has 3 aliphatic rings. The Morgan fingerprint density at radius 3 is 2.69 bits per heavy atom. The Kier molecular flexibility index (Phi) is 5.80. The SMILES string of the molecule is O=C1CCC(N2Cc3ccc(CNC(=O)C4CC(=O)N(c5ccccc5F)C4)cc3C2=O)C(=O)N1. The van der Waals surface area contributed by atoms with Crippen molar-refractivity contribution in [1.82, 2.24) is 15.5 Å². The first-order chi connectivity index (χ1) is 16.8. The molecule has 0 aromatic heterocycles. The summed E-state index contributed by atoms with van der Waals surface area (Å²) < 4.78 is 14.1. The third-order valence-corrected chi connectivity index (χ3v) is 6.70. The summed E-state index contributed by atoms with van der Waals surface area (Å²) in [5.41, 5.74) is 2.09. The van der Waals surface area contributed by atoms with E-state index in [2.05, 4.69) is 10.6 Å². The van der Waals surface area contributed by atoms with E-state index in [1.54, 1.807) is 24.3 Å². The van der Waals surface area contributed by atoms with E-state index in [1.165, 1.54) is 28.0 Å². The number of imide groups is 1. The number of piperidine rings is 1. The Hall–Kier alpha value is -4.08. The smallest absolute Gasteiger partial charge is 0.255 e. The third-order valence-electron chi connectivity index (χ3n) is 6.70. The maximum atomic E-state index is 14.1. The van der Waals surface area contributed by atoms with Crippen LogP contribution < -0.4 is 15.5 Å². The molecule has 3 heterocycles. The molecule has 9 nitrogen and oxygen atoms in total. The number of fused-ring (bicyclic) bond motifs is 1. The fraction of sp³-hybridized carbons (Fsp3) is 0.320. The molecule has 2 N–H and O–H groups in total. The number of rotatable bonds is 5. The molecule has 2 aromatic rings. The molecule has 0 radical (unpaired) electrons. The molecule has 0 spiro atoms. The normalized spacial score (nSPS) is 21.9. The van der Waals surface area contributed by atoms with E-state index in [0.29, 0.717) is 11.1 Å². The summed E-state index contributed by atoms with van der Waals surface area (Å²) in [6.07, 6.45) is 0.465. The van der Waals surface area contributed by atoms with E-state index in [-0.39, 0.29) is 68.2 Å². The highest BCUT2D eigenvalue weighted by molar-refractivity contribution is 6.05. The fourth-order valence-corrected chi connectivity index (χ4v) is 4.83. The Labute approximate surface area is 200 Å². The highest BCUT2D eigenvalue weighted by atomic mass is 19.1. The maximum Gasteiger partial charge on any atom is 0.255 e. The van der Waals surface area contributed by atoms with Crippen LogP contribution in [-0.4, -0.2) is 47.0 Å².